The molecule has 2 N–H and O–H groups in total. The molecule has 2 aromatic carbocycles. The van der Waals surface area contributed by atoms with E-state index in [-0.39, 0.29) is 6.04 Å². The third-order valence-corrected chi connectivity index (χ3v) is 4.07. The second kappa shape index (κ2) is 7.28. The first-order valence-corrected chi connectivity index (χ1v) is 7.80. The zero-order valence-electron chi connectivity index (χ0n) is 13.3. The summed E-state index contributed by atoms with van der Waals surface area (Å²) in [6.45, 7) is 8.31. The summed E-state index contributed by atoms with van der Waals surface area (Å²) in [5.41, 5.74) is 11.6. The van der Waals surface area contributed by atoms with Crippen LogP contribution in [0.25, 0.3) is 0 Å². The largest absolute Gasteiger partial charge is 0.370 e. The summed E-state index contributed by atoms with van der Waals surface area (Å²) < 4.78 is 0. The Hall–Kier alpha value is -1.80. The molecule has 2 nitrogen and oxygen atoms in total. The average Bonchev–Trinajstić information content (AvgIpc) is 2.53. The van der Waals surface area contributed by atoms with Crippen molar-refractivity contribution in [2.24, 2.45) is 5.73 Å². The molecule has 0 aliphatic heterocycles. The molecule has 112 valence electrons. The Balaban J connectivity index is 2.12. The molecular formula is C19H26N2. The van der Waals surface area contributed by atoms with Crippen LogP contribution in [0.1, 0.15) is 36.6 Å². The number of rotatable bonds is 6. The van der Waals surface area contributed by atoms with Crippen molar-refractivity contribution < 1.29 is 0 Å². The Labute approximate surface area is 128 Å². The monoisotopic (exact) mass is 282 g/mol. The lowest BCUT2D eigenvalue weighted by atomic mass is 10.0. The minimum Gasteiger partial charge on any atom is -0.370 e. The average molecular weight is 282 g/mol. The maximum Gasteiger partial charge on any atom is 0.0473 e. The van der Waals surface area contributed by atoms with Crippen LogP contribution in [0, 0.1) is 6.92 Å². The Morgan fingerprint density at radius 1 is 1.00 bits per heavy atom. The fraction of sp³-hybridized carbons (Fsp3) is 0.368. The number of nitrogens with two attached hydrogens (primary N) is 1. The highest BCUT2D eigenvalue weighted by atomic mass is 15.1. The molecule has 1 atom stereocenters. The molecule has 0 fully saturated rings. The number of nitrogens with zero attached hydrogens (tertiary/aromatic N) is 1. The molecule has 2 heteroatoms. The van der Waals surface area contributed by atoms with Crippen molar-refractivity contribution in [2.75, 3.05) is 18.0 Å². The number of aryl methyl sites for hydroxylation is 2. The van der Waals surface area contributed by atoms with Crippen LogP contribution in [-0.2, 0) is 6.42 Å². The topological polar surface area (TPSA) is 29.3 Å². The Morgan fingerprint density at radius 2 is 1.67 bits per heavy atom. The SMILES string of the molecule is CCc1ccc(C(N)CN(CC)c2ccccc2C)cc1. The maximum atomic E-state index is 6.41. The van der Waals surface area contributed by atoms with E-state index in [1.54, 1.807) is 0 Å². The van der Waals surface area contributed by atoms with Gasteiger partial charge in [0.15, 0.2) is 0 Å². The van der Waals surface area contributed by atoms with E-state index in [1.165, 1.54) is 22.4 Å². The molecular weight excluding hydrogens is 256 g/mol. The van der Waals surface area contributed by atoms with Crippen LogP contribution in [0.4, 0.5) is 5.69 Å². The molecule has 0 bridgehead atoms. The van der Waals surface area contributed by atoms with Gasteiger partial charge in [0, 0.05) is 24.8 Å². The molecule has 0 saturated carbocycles. The first-order chi connectivity index (χ1) is 10.2. The van der Waals surface area contributed by atoms with Gasteiger partial charge in [0.1, 0.15) is 0 Å². The van der Waals surface area contributed by atoms with Crippen LogP contribution in [-0.4, -0.2) is 13.1 Å². The number of hydrogen-bond acceptors (Lipinski definition) is 2. The summed E-state index contributed by atoms with van der Waals surface area (Å²) in [4.78, 5) is 2.35. The van der Waals surface area contributed by atoms with Crippen LogP contribution in [0.2, 0.25) is 0 Å². The standard InChI is InChI=1S/C19H26N2/c1-4-16-10-12-17(13-11-16)18(20)14-21(5-2)19-9-7-6-8-15(19)3/h6-13,18H,4-5,14,20H2,1-3H3. The molecule has 0 saturated heterocycles. The van der Waals surface area contributed by atoms with Crippen LogP contribution in [0.5, 0.6) is 0 Å². The first kappa shape index (κ1) is 15.6. The van der Waals surface area contributed by atoms with Crippen molar-refractivity contribution in [3.63, 3.8) is 0 Å². The van der Waals surface area contributed by atoms with Crippen molar-refractivity contribution in [1.29, 1.82) is 0 Å². The van der Waals surface area contributed by atoms with Crippen LogP contribution in [0.15, 0.2) is 48.5 Å². The minimum absolute atomic E-state index is 0.0375. The Kier molecular flexibility index (Phi) is 5.40. The van der Waals surface area contributed by atoms with E-state index in [2.05, 4.69) is 74.2 Å². The molecule has 1 unspecified atom stereocenters. The van der Waals surface area contributed by atoms with Crippen LogP contribution in [0.3, 0.4) is 0 Å². The normalized spacial score (nSPS) is 12.2. The fourth-order valence-electron chi connectivity index (χ4n) is 2.66. The van der Waals surface area contributed by atoms with Crippen LogP contribution >= 0.6 is 0 Å². The van der Waals surface area contributed by atoms with E-state index < -0.39 is 0 Å². The van der Waals surface area contributed by atoms with Gasteiger partial charge in [0.2, 0.25) is 0 Å². The second-order valence-corrected chi connectivity index (χ2v) is 5.53. The Morgan fingerprint density at radius 3 is 2.24 bits per heavy atom. The zero-order chi connectivity index (χ0) is 15.2. The molecule has 2 aromatic rings. The van der Waals surface area contributed by atoms with Gasteiger partial charge in [0.25, 0.3) is 0 Å². The second-order valence-electron chi connectivity index (χ2n) is 5.53. The highest BCUT2D eigenvalue weighted by molar-refractivity contribution is 5.53. The van der Waals surface area contributed by atoms with E-state index in [0.29, 0.717) is 0 Å². The summed E-state index contributed by atoms with van der Waals surface area (Å²) in [7, 11) is 0. The van der Waals surface area contributed by atoms with Crippen LogP contribution < -0.4 is 10.6 Å². The highest BCUT2D eigenvalue weighted by Crippen LogP contribution is 2.22. The van der Waals surface area contributed by atoms with E-state index in [0.717, 1.165) is 19.5 Å². The van der Waals surface area contributed by atoms with Crippen molar-refractivity contribution in [1.82, 2.24) is 0 Å². The summed E-state index contributed by atoms with van der Waals surface area (Å²) in [6, 6.07) is 17.2. The van der Waals surface area contributed by atoms with E-state index in [1.807, 2.05) is 0 Å². The summed E-state index contributed by atoms with van der Waals surface area (Å²) in [5, 5.41) is 0. The maximum absolute atomic E-state index is 6.41. The molecule has 0 aliphatic carbocycles. The molecule has 0 amide bonds. The van der Waals surface area contributed by atoms with Gasteiger partial charge >= 0.3 is 0 Å². The van der Waals surface area contributed by atoms with Gasteiger partial charge in [0.05, 0.1) is 0 Å². The van der Waals surface area contributed by atoms with Crippen molar-refractivity contribution in [2.45, 2.75) is 33.2 Å². The third-order valence-electron chi connectivity index (χ3n) is 4.07. The molecule has 0 radical (unpaired) electrons. The van der Waals surface area contributed by atoms with Gasteiger partial charge in [-0.1, -0.05) is 49.4 Å². The number of para-hydroxylation sites is 1. The van der Waals surface area contributed by atoms with Gasteiger partial charge < -0.3 is 10.6 Å². The molecule has 2 rings (SSSR count). The van der Waals surface area contributed by atoms with Gasteiger partial charge in [-0.3, -0.25) is 0 Å². The fourth-order valence-corrected chi connectivity index (χ4v) is 2.66. The van der Waals surface area contributed by atoms with E-state index >= 15 is 0 Å². The number of benzene rings is 2. The lowest BCUT2D eigenvalue weighted by molar-refractivity contribution is 0.675. The third kappa shape index (κ3) is 3.85. The predicted octanol–water partition coefficient (Wildman–Crippen LogP) is 4.08. The zero-order valence-corrected chi connectivity index (χ0v) is 13.3. The number of hydrogen-bond donors (Lipinski definition) is 1. The Bertz CT molecular complexity index is 560. The molecule has 0 aromatic heterocycles. The number of anilines is 1. The molecule has 21 heavy (non-hydrogen) atoms. The lowest BCUT2D eigenvalue weighted by Crippen LogP contribution is -2.32. The minimum atomic E-state index is 0.0375. The van der Waals surface area contributed by atoms with E-state index in [4.69, 9.17) is 5.73 Å². The van der Waals surface area contributed by atoms with Gasteiger partial charge in [-0.15, -0.1) is 0 Å². The molecule has 0 aliphatic rings. The van der Waals surface area contributed by atoms with Crippen molar-refractivity contribution in [3.05, 3.63) is 65.2 Å². The lowest BCUT2D eigenvalue weighted by Gasteiger charge is -2.28. The molecule has 0 spiro atoms. The summed E-state index contributed by atoms with van der Waals surface area (Å²) >= 11 is 0. The van der Waals surface area contributed by atoms with Gasteiger partial charge in [-0.2, -0.15) is 0 Å². The van der Waals surface area contributed by atoms with Crippen molar-refractivity contribution in [3.8, 4) is 0 Å². The first-order valence-electron chi connectivity index (χ1n) is 7.80. The molecule has 0 heterocycles. The summed E-state index contributed by atoms with van der Waals surface area (Å²) in [5.74, 6) is 0. The highest BCUT2D eigenvalue weighted by Gasteiger charge is 2.13. The van der Waals surface area contributed by atoms with Gasteiger partial charge in [-0.25, -0.2) is 0 Å². The summed E-state index contributed by atoms with van der Waals surface area (Å²) in [6.07, 6.45) is 1.07. The number of likely N-dealkylation sites (N-methyl/N-ethyl adjacent to an activating group) is 1. The predicted molar refractivity (Wildman–Crippen MR) is 91.8 cm³/mol. The van der Waals surface area contributed by atoms with Crippen molar-refractivity contribution >= 4 is 5.69 Å². The van der Waals surface area contributed by atoms with E-state index in [9.17, 15) is 0 Å². The quantitative estimate of drug-likeness (QED) is 0.865. The smallest absolute Gasteiger partial charge is 0.0473 e. The van der Waals surface area contributed by atoms with Gasteiger partial charge in [-0.05, 0) is 43.0 Å².